The third kappa shape index (κ3) is 3.98. The molecular weight excluding hydrogens is 354 g/mol. The van der Waals surface area contributed by atoms with Crippen LogP contribution in [0, 0.1) is 0 Å². The van der Waals surface area contributed by atoms with Crippen molar-refractivity contribution < 1.29 is 22.7 Å². The predicted octanol–water partition coefficient (Wildman–Crippen LogP) is 3.01. The molecule has 0 atom stereocenters. The van der Waals surface area contributed by atoms with E-state index in [1.54, 1.807) is 6.07 Å². The Morgan fingerprint density at radius 3 is 2.33 bits per heavy atom. The number of sulfone groups is 1. The number of ether oxygens (including phenoxy) is 2. The molecule has 0 saturated heterocycles. The monoisotopic (exact) mass is 369 g/mol. The second-order valence-electron chi connectivity index (χ2n) is 4.94. The molecule has 0 fully saturated rings. The zero-order chi connectivity index (χ0) is 17.9. The normalized spacial score (nSPS) is 11.0. The molecule has 0 aromatic heterocycles. The summed E-state index contributed by atoms with van der Waals surface area (Å²) in [6.45, 7) is 0. The van der Waals surface area contributed by atoms with Crippen LogP contribution in [0.5, 0.6) is 11.5 Å². The molecule has 0 spiro atoms. The molecule has 0 unspecified atom stereocenters. The first-order chi connectivity index (χ1) is 11.3. The summed E-state index contributed by atoms with van der Waals surface area (Å²) < 4.78 is 33.5. The maximum absolute atomic E-state index is 12.4. The molecule has 6 nitrogen and oxygen atoms in total. The molecule has 0 aliphatic carbocycles. The van der Waals surface area contributed by atoms with E-state index in [0.29, 0.717) is 22.2 Å². The largest absolute Gasteiger partial charge is 0.495 e. The van der Waals surface area contributed by atoms with Crippen LogP contribution < -0.4 is 14.8 Å². The zero-order valence-electron chi connectivity index (χ0n) is 13.3. The molecular formula is C16H16ClNO5S. The fourth-order valence-electron chi connectivity index (χ4n) is 2.02. The van der Waals surface area contributed by atoms with Crippen LogP contribution in [0.2, 0.25) is 5.02 Å². The minimum Gasteiger partial charge on any atom is -0.495 e. The van der Waals surface area contributed by atoms with Crippen LogP contribution in [0.1, 0.15) is 10.4 Å². The maximum atomic E-state index is 12.4. The van der Waals surface area contributed by atoms with E-state index in [1.165, 1.54) is 44.6 Å². The Morgan fingerprint density at radius 1 is 1.08 bits per heavy atom. The molecule has 0 saturated carbocycles. The van der Waals surface area contributed by atoms with Gasteiger partial charge in [0.15, 0.2) is 9.84 Å². The number of anilines is 1. The Labute approximate surface area is 145 Å². The van der Waals surface area contributed by atoms with Crippen molar-refractivity contribution in [2.75, 3.05) is 25.8 Å². The fraction of sp³-hybridized carbons (Fsp3) is 0.188. The Balaban J connectivity index is 2.35. The van der Waals surface area contributed by atoms with Crippen LogP contribution in [0.25, 0.3) is 0 Å². The third-order valence-electron chi connectivity index (χ3n) is 3.25. The Hall–Kier alpha value is -2.25. The summed E-state index contributed by atoms with van der Waals surface area (Å²) in [5, 5.41) is 2.95. The molecule has 0 radical (unpaired) electrons. The first kappa shape index (κ1) is 18.1. The van der Waals surface area contributed by atoms with Gasteiger partial charge in [-0.05, 0) is 24.3 Å². The molecule has 1 amide bonds. The van der Waals surface area contributed by atoms with Crippen LogP contribution in [-0.4, -0.2) is 34.8 Å². The van der Waals surface area contributed by atoms with Crippen LogP contribution in [-0.2, 0) is 9.84 Å². The van der Waals surface area contributed by atoms with Gasteiger partial charge in [0.25, 0.3) is 5.91 Å². The molecule has 0 aliphatic rings. The lowest BCUT2D eigenvalue weighted by atomic mass is 10.2. The lowest BCUT2D eigenvalue weighted by molar-refractivity contribution is 0.102. The van der Waals surface area contributed by atoms with E-state index in [9.17, 15) is 13.2 Å². The van der Waals surface area contributed by atoms with Gasteiger partial charge in [0.1, 0.15) is 11.5 Å². The van der Waals surface area contributed by atoms with Gasteiger partial charge in [-0.3, -0.25) is 4.79 Å². The summed E-state index contributed by atoms with van der Waals surface area (Å²) in [5.41, 5.74) is 0.546. The summed E-state index contributed by atoms with van der Waals surface area (Å²) >= 11 is 6.06. The van der Waals surface area contributed by atoms with E-state index in [2.05, 4.69) is 5.32 Å². The number of hydrogen-bond acceptors (Lipinski definition) is 5. The quantitative estimate of drug-likeness (QED) is 0.876. The van der Waals surface area contributed by atoms with E-state index in [4.69, 9.17) is 21.1 Å². The minimum atomic E-state index is -3.40. The summed E-state index contributed by atoms with van der Waals surface area (Å²) in [4.78, 5) is 12.5. The molecule has 0 aliphatic heterocycles. The smallest absolute Gasteiger partial charge is 0.255 e. The number of nitrogens with one attached hydrogen (secondary N) is 1. The summed E-state index contributed by atoms with van der Waals surface area (Å²) in [6, 6.07) is 8.80. The second-order valence-corrected chi connectivity index (χ2v) is 7.36. The lowest BCUT2D eigenvalue weighted by Gasteiger charge is -2.13. The van der Waals surface area contributed by atoms with Gasteiger partial charge in [-0.1, -0.05) is 17.7 Å². The SMILES string of the molecule is COc1cc(OC)c(NC(=O)c2cccc(S(C)(=O)=O)c2)cc1Cl. The Bertz CT molecular complexity index is 880. The number of amides is 1. The topological polar surface area (TPSA) is 81.7 Å². The first-order valence-electron chi connectivity index (χ1n) is 6.79. The minimum absolute atomic E-state index is 0.0647. The predicted molar refractivity (Wildman–Crippen MR) is 92.1 cm³/mol. The van der Waals surface area contributed by atoms with Crippen LogP contribution in [0.4, 0.5) is 5.69 Å². The molecule has 1 N–H and O–H groups in total. The molecule has 0 heterocycles. The standard InChI is InChI=1S/C16H16ClNO5S/c1-22-14-9-15(23-2)13(8-12(14)17)18-16(19)10-5-4-6-11(7-10)24(3,20)21/h4-9H,1-3H3,(H,18,19). The number of carbonyl (C=O) groups excluding carboxylic acids is 1. The average Bonchev–Trinajstić information content (AvgIpc) is 2.54. The van der Waals surface area contributed by atoms with Crippen molar-refractivity contribution in [2.24, 2.45) is 0 Å². The lowest BCUT2D eigenvalue weighted by Crippen LogP contribution is -2.13. The van der Waals surface area contributed by atoms with Crippen molar-refractivity contribution in [3.8, 4) is 11.5 Å². The van der Waals surface area contributed by atoms with Crippen molar-refractivity contribution in [3.05, 3.63) is 47.0 Å². The summed E-state index contributed by atoms with van der Waals surface area (Å²) in [6.07, 6.45) is 1.08. The third-order valence-corrected chi connectivity index (χ3v) is 4.65. The summed E-state index contributed by atoms with van der Waals surface area (Å²) in [7, 11) is -0.488. The number of benzene rings is 2. The van der Waals surface area contributed by atoms with Crippen LogP contribution in [0.3, 0.4) is 0 Å². The highest BCUT2D eigenvalue weighted by Crippen LogP contribution is 2.36. The molecule has 2 aromatic carbocycles. The summed E-state index contributed by atoms with van der Waals surface area (Å²) in [5.74, 6) is 0.287. The van der Waals surface area contributed by atoms with E-state index >= 15 is 0 Å². The number of halogens is 1. The van der Waals surface area contributed by atoms with Gasteiger partial charge in [0.05, 0.1) is 29.8 Å². The Morgan fingerprint density at radius 2 is 1.75 bits per heavy atom. The zero-order valence-corrected chi connectivity index (χ0v) is 14.9. The fourth-order valence-corrected chi connectivity index (χ4v) is 2.93. The van der Waals surface area contributed by atoms with Gasteiger partial charge in [-0.15, -0.1) is 0 Å². The number of carbonyl (C=O) groups is 1. The molecule has 2 rings (SSSR count). The van der Waals surface area contributed by atoms with Crippen molar-refractivity contribution in [3.63, 3.8) is 0 Å². The van der Waals surface area contributed by atoms with Crippen molar-refractivity contribution in [1.82, 2.24) is 0 Å². The van der Waals surface area contributed by atoms with E-state index in [0.717, 1.165) is 6.26 Å². The first-order valence-corrected chi connectivity index (χ1v) is 9.06. The van der Waals surface area contributed by atoms with E-state index < -0.39 is 15.7 Å². The molecule has 8 heteroatoms. The number of methoxy groups -OCH3 is 2. The van der Waals surface area contributed by atoms with Gasteiger partial charge in [0.2, 0.25) is 0 Å². The van der Waals surface area contributed by atoms with Gasteiger partial charge in [-0.25, -0.2) is 8.42 Å². The molecule has 2 aromatic rings. The van der Waals surface area contributed by atoms with Gasteiger partial charge in [0, 0.05) is 17.9 Å². The van der Waals surface area contributed by atoms with Crippen LogP contribution in [0.15, 0.2) is 41.3 Å². The van der Waals surface area contributed by atoms with E-state index in [1.807, 2.05) is 0 Å². The second kappa shape index (κ2) is 7.11. The van der Waals surface area contributed by atoms with Gasteiger partial charge < -0.3 is 14.8 Å². The highest BCUT2D eigenvalue weighted by atomic mass is 35.5. The van der Waals surface area contributed by atoms with E-state index in [-0.39, 0.29) is 10.5 Å². The molecule has 0 bridgehead atoms. The van der Waals surface area contributed by atoms with Crippen molar-refractivity contribution in [1.29, 1.82) is 0 Å². The van der Waals surface area contributed by atoms with Crippen molar-refractivity contribution >= 4 is 33.0 Å². The molecule has 24 heavy (non-hydrogen) atoms. The Kier molecular flexibility index (Phi) is 5.36. The highest BCUT2D eigenvalue weighted by molar-refractivity contribution is 7.90. The average molecular weight is 370 g/mol. The number of hydrogen-bond donors (Lipinski definition) is 1. The van der Waals surface area contributed by atoms with Crippen LogP contribution >= 0.6 is 11.6 Å². The maximum Gasteiger partial charge on any atom is 0.255 e. The molecule has 128 valence electrons. The highest BCUT2D eigenvalue weighted by Gasteiger charge is 2.15. The number of rotatable bonds is 5. The van der Waals surface area contributed by atoms with Gasteiger partial charge in [-0.2, -0.15) is 0 Å². The van der Waals surface area contributed by atoms with Gasteiger partial charge >= 0.3 is 0 Å². The van der Waals surface area contributed by atoms with Crippen molar-refractivity contribution in [2.45, 2.75) is 4.90 Å².